The average Bonchev–Trinajstić information content (AvgIpc) is 2.63. The molecule has 128 valence electrons. The summed E-state index contributed by atoms with van der Waals surface area (Å²) in [6.45, 7) is 6.58. The van der Waals surface area contributed by atoms with Crippen molar-refractivity contribution >= 4 is 0 Å². The van der Waals surface area contributed by atoms with Crippen LogP contribution in [0.3, 0.4) is 0 Å². The fourth-order valence-corrected chi connectivity index (χ4v) is 2.96. The van der Waals surface area contributed by atoms with E-state index in [0.717, 1.165) is 48.7 Å². The van der Waals surface area contributed by atoms with Gasteiger partial charge in [-0.2, -0.15) is 0 Å². The molecule has 4 heteroatoms. The summed E-state index contributed by atoms with van der Waals surface area (Å²) in [6, 6.07) is 16.2. The van der Waals surface area contributed by atoms with Gasteiger partial charge in [0.1, 0.15) is 5.75 Å². The van der Waals surface area contributed by atoms with E-state index >= 15 is 0 Å². The molecule has 2 aromatic carbocycles. The van der Waals surface area contributed by atoms with E-state index < -0.39 is 6.10 Å². The van der Waals surface area contributed by atoms with Crippen molar-refractivity contribution in [1.82, 2.24) is 4.90 Å². The molecule has 0 bridgehead atoms. The van der Waals surface area contributed by atoms with E-state index in [2.05, 4.69) is 23.1 Å². The third-order valence-electron chi connectivity index (χ3n) is 4.31. The number of nitrogens with zero attached hydrogens (tertiary/aromatic N) is 1. The minimum atomic E-state index is -0.466. The van der Waals surface area contributed by atoms with Crippen molar-refractivity contribution in [3.05, 3.63) is 54.1 Å². The predicted molar refractivity (Wildman–Crippen MR) is 95.3 cm³/mol. The Bertz CT molecular complexity index is 636. The van der Waals surface area contributed by atoms with Crippen LogP contribution in [0.1, 0.15) is 18.6 Å². The maximum Gasteiger partial charge on any atom is 0.119 e. The molecule has 0 aromatic heterocycles. The SMILES string of the molecule is CCOc1cccc(-c2ccc([C@@H](O)CN3CCOCC3)cc2)c1. The first-order valence-corrected chi connectivity index (χ1v) is 8.57. The highest BCUT2D eigenvalue weighted by atomic mass is 16.5. The third kappa shape index (κ3) is 4.35. The number of ether oxygens (including phenoxy) is 2. The van der Waals surface area contributed by atoms with Gasteiger partial charge in [0.15, 0.2) is 0 Å². The number of benzene rings is 2. The van der Waals surface area contributed by atoms with Gasteiger partial charge in [0.05, 0.1) is 25.9 Å². The van der Waals surface area contributed by atoms with E-state index in [1.165, 1.54) is 0 Å². The summed E-state index contributed by atoms with van der Waals surface area (Å²) in [5.74, 6) is 0.881. The van der Waals surface area contributed by atoms with Crippen LogP contribution in [0, 0.1) is 0 Å². The van der Waals surface area contributed by atoms with E-state index in [1.54, 1.807) is 0 Å². The third-order valence-corrected chi connectivity index (χ3v) is 4.31. The summed E-state index contributed by atoms with van der Waals surface area (Å²) in [4.78, 5) is 2.24. The van der Waals surface area contributed by atoms with Crippen molar-refractivity contribution in [1.29, 1.82) is 0 Å². The van der Waals surface area contributed by atoms with Gasteiger partial charge in [0.25, 0.3) is 0 Å². The number of β-amino-alcohol motifs (C(OH)–C–C–N with tert-alkyl or cyclic N) is 1. The zero-order valence-corrected chi connectivity index (χ0v) is 14.1. The normalized spacial score (nSPS) is 16.8. The van der Waals surface area contributed by atoms with Crippen LogP contribution in [0.2, 0.25) is 0 Å². The zero-order chi connectivity index (χ0) is 16.8. The van der Waals surface area contributed by atoms with Gasteiger partial charge < -0.3 is 14.6 Å². The minimum absolute atomic E-state index is 0.466. The van der Waals surface area contributed by atoms with Crippen LogP contribution in [-0.4, -0.2) is 49.5 Å². The van der Waals surface area contributed by atoms with Crippen LogP contribution < -0.4 is 4.74 Å². The lowest BCUT2D eigenvalue weighted by atomic mass is 10.0. The molecule has 0 radical (unpaired) electrons. The molecule has 2 aromatic rings. The summed E-state index contributed by atoms with van der Waals surface area (Å²) in [6.07, 6.45) is -0.466. The van der Waals surface area contributed by atoms with Gasteiger partial charge in [-0.15, -0.1) is 0 Å². The van der Waals surface area contributed by atoms with E-state index in [0.29, 0.717) is 13.2 Å². The zero-order valence-electron chi connectivity index (χ0n) is 14.1. The van der Waals surface area contributed by atoms with Gasteiger partial charge in [-0.3, -0.25) is 4.90 Å². The highest BCUT2D eigenvalue weighted by Gasteiger charge is 2.16. The molecule has 1 atom stereocenters. The first kappa shape index (κ1) is 17.0. The Morgan fingerprint density at radius 3 is 2.54 bits per heavy atom. The molecule has 1 N–H and O–H groups in total. The van der Waals surface area contributed by atoms with Gasteiger partial charge in [-0.05, 0) is 35.7 Å². The second-order valence-corrected chi connectivity index (χ2v) is 6.01. The predicted octanol–water partition coefficient (Wildman–Crippen LogP) is 3.12. The number of aliphatic hydroxyl groups is 1. The van der Waals surface area contributed by atoms with Crippen molar-refractivity contribution in [2.45, 2.75) is 13.0 Å². The van der Waals surface area contributed by atoms with Gasteiger partial charge >= 0.3 is 0 Å². The number of hydrogen-bond donors (Lipinski definition) is 1. The topological polar surface area (TPSA) is 41.9 Å². The Morgan fingerprint density at radius 2 is 1.83 bits per heavy atom. The van der Waals surface area contributed by atoms with Crippen molar-refractivity contribution in [2.75, 3.05) is 39.5 Å². The highest BCUT2D eigenvalue weighted by molar-refractivity contribution is 5.65. The Morgan fingerprint density at radius 1 is 1.08 bits per heavy atom. The second kappa shape index (κ2) is 8.29. The number of hydrogen-bond acceptors (Lipinski definition) is 4. The molecule has 1 heterocycles. The molecular formula is C20H25NO3. The van der Waals surface area contributed by atoms with Gasteiger partial charge in [0.2, 0.25) is 0 Å². The summed E-state index contributed by atoms with van der Waals surface area (Å²) in [5.41, 5.74) is 3.19. The quantitative estimate of drug-likeness (QED) is 0.885. The fourth-order valence-electron chi connectivity index (χ4n) is 2.96. The molecule has 1 aliphatic heterocycles. The second-order valence-electron chi connectivity index (χ2n) is 6.01. The van der Waals surface area contributed by atoms with E-state index in [9.17, 15) is 5.11 Å². The molecule has 4 nitrogen and oxygen atoms in total. The van der Waals surface area contributed by atoms with Crippen LogP contribution >= 0.6 is 0 Å². The number of rotatable bonds is 6. The maximum atomic E-state index is 10.4. The van der Waals surface area contributed by atoms with Crippen molar-refractivity contribution in [2.24, 2.45) is 0 Å². The lowest BCUT2D eigenvalue weighted by molar-refractivity contribution is 0.0143. The van der Waals surface area contributed by atoms with Crippen molar-refractivity contribution in [3.63, 3.8) is 0 Å². The maximum absolute atomic E-state index is 10.4. The molecule has 0 saturated carbocycles. The summed E-state index contributed by atoms with van der Waals surface area (Å²) in [5, 5.41) is 10.4. The summed E-state index contributed by atoms with van der Waals surface area (Å²) < 4.78 is 10.9. The minimum Gasteiger partial charge on any atom is -0.494 e. The molecular weight excluding hydrogens is 302 g/mol. The van der Waals surface area contributed by atoms with Gasteiger partial charge in [0, 0.05) is 19.6 Å². The molecule has 1 aliphatic rings. The van der Waals surface area contributed by atoms with Gasteiger partial charge in [-0.25, -0.2) is 0 Å². The molecule has 1 fully saturated rings. The van der Waals surface area contributed by atoms with Crippen LogP contribution in [0.4, 0.5) is 0 Å². The highest BCUT2D eigenvalue weighted by Crippen LogP contribution is 2.26. The lowest BCUT2D eigenvalue weighted by Gasteiger charge is -2.28. The monoisotopic (exact) mass is 327 g/mol. The molecule has 24 heavy (non-hydrogen) atoms. The number of morpholine rings is 1. The standard InChI is InChI=1S/C20H25NO3/c1-2-24-19-5-3-4-18(14-19)16-6-8-17(9-7-16)20(22)15-21-10-12-23-13-11-21/h3-9,14,20,22H,2,10-13,15H2,1H3/t20-/m0/s1. The first-order chi connectivity index (χ1) is 11.8. The molecule has 0 amide bonds. The smallest absolute Gasteiger partial charge is 0.119 e. The van der Waals surface area contributed by atoms with Crippen LogP contribution in [0.5, 0.6) is 5.75 Å². The van der Waals surface area contributed by atoms with E-state index in [1.807, 2.05) is 37.3 Å². The Kier molecular flexibility index (Phi) is 5.86. The molecule has 0 unspecified atom stereocenters. The lowest BCUT2D eigenvalue weighted by Crippen LogP contribution is -2.38. The van der Waals surface area contributed by atoms with Crippen LogP contribution in [-0.2, 0) is 4.74 Å². The Hall–Kier alpha value is -1.88. The molecule has 1 saturated heterocycles. The molecule has 0 aliphatic carbocycles. The average molecular weight is 327 g/mol. The molecule has 3 rings (SSSR count). The largest absolute Gasteiger partial charge is 0.494 e. The number of aliphatic hydroxyl groups excluding tert-OH is 1. The van der Waals surface area contributed by atoms with Crippen LogP contribution in [0.25, 0.3) is 11.1 Å². The van der Waals surface area contributed by atoms with Crippen molar-refractivity contribution in [3.8, 4) is 16.9 Å². The molecule has 0 spiro atoms. The van der Waals surface area contributed by atoms with E-state index in [4.69, 9.17) is 9.47 Å². The van der Waals surface area contributed by atoms with E-state index in [-0.39, 0.29) is 0 Å². The summed E-state index contributed by atoms with van der Waals surface area (Å²) >= 11 is 0. The first-order valence-electron chi connectivity index (χ1n) is 8.57. The Labute approximate surface area is 143 Å². The van der Waals surface area contributed by atoms with Gasteiger partial charge in [-0.1, -0.05) is 36.4 Å². The van der Waals surface area contributed by atoms with Crippen molar-refractivity contribution < 1.29 is 14.6 Å². The summed E-state index contributed by atoms with van der Waals surface area (Å²) in [7, 11) is 0. The Balaban J connectivity index is 1.67. The van der Waals surface area contributed by atoms with Crippen LogP contribution in [0.15, 0.2) is 48.5 Å². The fraction of sp³-hybridized carbons (Fsp3) is 0.400.